The van der Waals surface area contributed by atoms with E-state index in [0.717, 1.165) is 37.4 Å². The normalized spacial score (nSPS) is 16.0. The summed E-state index contributed by atoms with van der Waals surface area (Å²) in [6, 6.07) is 9.11. The highest BCUT2D eigenvalue weighted by Crippen LogP contribution is 2.27. The number of ether oxygens (including phenoxy) is 3. The molecule has 7 nitrogen and oxygen atoms in total. The van der Waals surface area contributed by atoms with Crippen molar-refractivity contribution >= 4 is 11.7 Å². The number of carbonyl (C=O) groups excluding carboxylic acids is 1. The van der Waals surface area contributed by atoms with Crippen LogP contribution in [0, 0.1) is 0 Å². The van der Waals surface area contributed by atoms with Crippen molar-refractivity contribution in [3.8, 4) is 11.5 Å². The zero-order valence-electron chi connectivity index (χ0n) is 15.7. The van der Waals surface area contributed by atoms with Gasteiger partial charge in [0.15, 0.2) is 11.5 Å². The van der Waals surface area contributed by atoms with Gasteiger partial charge >= 0.3 is 0 Å². The molecule has 0 spiro atoms. The van der Waals surface area contributed by atoms with Gasteiger partial charge in [-0.05, 0) is 42.7 Å². The molecule has 1 atom stereocenters. The first-order chi connectivity index (χ1) is 13.2. The van der Waals surface area contributed by atoms with Gasteiger partial charge in [-0.3, -0.25) is 4.79 Å². The van der Waals surface area contributed by atoms with E-state index in [4.69, 9.17) is 14.2 Å². The Bertz CT molecular complexity index is 758. The van der Waals surface area contributed by atoms with Gasteiger partial charge in [-0.25, -0.2) is 4.98 Å². The summed E-state index contributed by atoms with van der Waals surface area (Å²) in [5.74, 6) is 1.85. The van der Waals surface area contributed by atoms with Gasteiger partial charge in [-0.1, -0.05) is 6.07 Å². The Kier molecular flexibility index (Phi) is 6.49. The van der Waals surface area contributed by atoms with Crippen LogP contribution in [0.4, 0.5) is 5.82 Å². The first-order valence-corrected chi connectivity index (χ1v) is 9.00. The van der Waals surface area contributed by atoms with Crippen LogP contribution >= 0.6 is 0 Å². The Hall–Kier alpha value is -2.80. The summed E-state index contributed by atoms with van der Waals surface area (Å²) >= 11 is 0. The maximum Gasteiger partial charge on any atom is 0.253 e. The molecule has 0 saturated carbocycles. The summed E-state index contributed by atoms with van der Waals surface area (Å²) in [5.41, 5.74) is 1.43. The first-order valence-electron chi connectivity index (χ1n) is 9.00. The van der Waals surface area contributed by atoms with Gasteiger partial charge in [0.1, 0.15) is 5.82 Å². The molecule has 144 valence electrons. The van der Waals surface area contributed by atoms with Crippen LogP contribution in [-0.2, 0) is 11.3 Å². The highest BCUT2D eigenvalue weighted by molar-refractivity contribution is 5.94. The second kappa shape index (κ2) is 9.23. The third-order valence-electron chi connectivity index (χ3n) is 4.46. The van der Waals surface area contributed by atoms with Crippen molar-refractivity contribution in [2.45, 2.75) is 25.5 Å². The molecule has 1 aliphatic heterocycles. The van der Waals surface area contributed by atoms with Crippen molar-refractivity contribution in [1.29, 1.82) is 0 Å². The monoisotopic (exact) mass is 371 g/mol. The van der Waals surface area contributed by atoms with Crippen LogP contribution in [0.5, 0.6) is 11.5 Å². The van der Waals surface area contributed by atoms with E-state index in [1.165, 1.54) is 0 Å². The third-order valence-corrected chi connectivity index (χ3v) is 4.46. The average molecular weight is 371 g/mol. The second-order valence-corrected chi connectivity index (χ2v) is 6.32. The molecule has 1 saturated heterocycles. The van der Waals surface area contributed by atoms with Crippen molar-refractivity contribution in [3.05, 3.63) is 47.7 Å². The summed E-state index contributed by atoms with van der Waals surface area (Å²) in [6.45, 7) is 1.95. The minimum Gasteiger partial charge on any atom is -0.493 e. The predicted octanol–water partition coefficient (Wildman–Crippen LogP) is 2.62. The van der Waals surface area contributed by atoms with Crippen LogP contribution in [0.3, 0.4) is 0 Å². The molecule has 3 rings (SSSR count). The molecule has 2 heterocycles. The van der Waals surface area contributed by atoms with Crippen LogP contribution in [0.2, 0.25) is 0 Å². The van der Waals surface area contributed by atoms with Gasteiger partial charge in [0.25, 0.3) is 5.91 Å². The molecule has 1 aromatic carbocycles. The fourth-order valence-corrected chi connectivity index (χ4v) is 2.93. The number of pyridine rings is 1. The van der Waals surface area contributed by atoms with Crippen LogP contribution in [0.1, 0.15) is 28.8 Å². The van der Waals surface area contributed by atoms with E-state index < -0.39 is 0 Å². The highest BCUT2D eigenvalue weighted by Gasteiger charge is 2.15. The molecule has 1 amide bonds. The first kappa shape index (κ1) is 19.0. The van der Waals surface area contributed by atoms with Crippen molar-refractivity contribution in [1.82, 2.24) is 10.3 Å². The van der Waals surface area contributed by atoms with Crippen LogP contribution < -0.4 is 20.1 Å². The number of anilines is 1. The summed E-state index contributed by atoms with van der Waals surface area (Å²) in [4.78, 5) is 16.6. The summed E-state index contributed by atoms with van der Waals surface area (Å²) in [7, 11) is 3.17. The minimum atomic E-state index is -0.178. The molecule has 2 aromatic rings. The van der Waals surface area contributed by atoms with E-state index in [1.54, 1.807) is 32.5 Å². The molecular formula is C20H25N3O4. The van der Waals surface area contributed by atoms with E-state index in [2.05, 4.69) is 15.6 Å². The molecule has 7 heteroatoms. The highest BCUT2D eigenvalue weighted by atomic mass is 16.5. The molecule has 0 aliphatic carbocycles. The zero-order valence-corrected chi connectivity index (χ0v) is 15.7. The standard InChI is InChI=1S/C20H25N3O4/c1-25-17-7-5-14(10-18(17)26-2)11-23-20(24)15-6-8-19(21-12-15)22-13-16-4-3-9-27-16/h5-8,10,12,16H,3-4,9,11,13H2,1-2H3,(H,21,22)(H,23,24). The van der Waals surface area contributed by atoms with Gasteiger partial charge < -0.3 is 24.8 Å². The van der Waals surface area contributed by atoms with Crippen LogP contribution in [0.25, 0.3) is 0 Å². The fraction of sp³-hybridized carbons (Fsp3) is 0.400. The summed E-state index contributed by atoms with van der Waals surface area (Å²) in [5, 5.41) is 6.13. The number of hydrogen-bond acceptors (Lipinski definition) is 6. The molecular weight excluding hydrogens is 346 g/mol. The molecule has 2 N–H and O–H groups in total. The molecule has 0 bridgehead atoms. The summed E-state index contributed by atoms with van der Waals surface area (Å²) < 4.78 is 16.1. The number of methoxy groups -OCH3 is 2. The van der Waals surface area contributed by atoms with Crippen LogP contribution in [-0.4, -0.2) is 44.4 Å². The van der Waals surface area contributed by atoms with Gasteiger partial charge in [-0.15, -0.1) is 0 Å². The number of rotatable bonds is 8. The van der Waals surface area contributed by atoms with Crippen molar-refractivity contribution in [2.24, 2.45) is 0 Å². The lowest BCUT2D eigenvalue weighted by Crippen LogP contribution is -2.23. The number of amides is 1. The smallest absolute Gasteiger partial charge is 0.253 e. The van der Waals surface area contributed by atoms with Gasteiger partial charge in [-0.2, -0.15) is 0 Å². The number of aromatic nitrogens is 1. The summed E-state index contributed by atoms with van der Waals surface area (Å²) in [6.07, 6.45) is 4.00. The number of benzene rings is 1. The zero-order chi connectivity index (χ0) is 19.1. The molecule has 1 aromatic heterocycles. The number of hydrogen-bond donors (Lipinski definition) is 2. The van der Waals surface area contributed by atoms with Crippen LogP contribution in [0.15, 0.2) is 36.5 Å². The maximum atomic E-state index is 12.3. The van der Waals surface area contributed by atoms with Gasteiger partial charge in [0.2, 0.25) is 0 Å². The Morgan fingerprint density at radius 3 is 2.74 bits per heavy atom. The molecule has 27 heavy (non-hydrogen) atoms. The topological polar surface area (TPSA) is 81.7 Å². The number of carbonyl (C=O) groups is 1. The van der Waals surface area contributed by atoms with E-state index in [1.807, 2.05) is 18.2 Å². The quantitative estimate of drug-likeness (QED) is 0.742. The fourth-order valence-electron chi connectivity index (χ4n) is 2.93. The predicted molar refractivity (Wildman–Crippen MR) is 102 cm³/mol. The molecule has 1 unspecified atom stereocenters. The number of nitrogens with one attached hydrogen (secondary N) is 2. The van der Waals surface area contributed by atoms with E-state index in [0.29, 0.717) is 23.6 Å². The Morgan fingerprint density at radius 2 is 2.07 bits per heavy atom. The third kappa shape index (κ3) is 5.10. The van der Waals surface area contributed by atoms with E-state index in [9.17, 15) is 4.79 Å². The Balaban J connectivity index is 1.51. The van der Waals surface area contributed by atoms with E-state index >= 15 is 0 Å². The Labute approximate surface area is 159 Å². The van der Waals surface area contributed by atoms with Crippen molar-refractivity contribution < 1.29 is 19.0 Å². The van der Waals surface area contributed by atoms with E-state index in [-0.39, 0.29) is 12.0 Å². The number of nitrogens with zero attached hydrogens (tertiary/aromatic N) is 1. The van der Waals surface area contributed by atoms with Crippen molar-refractivity contribution in [3.63, 3.8) is 0 Å². The van der Waals surface area contributed by atoms with Gasteiger partial charge in [0, 0.05) is 25.9 Å². The van der Waals surface area contributed by atoms with Crippen molar-refractivity contribution in [2.75, 3.05) is 32.7 Å². The van der Waals surface area contributed by atoms with Gasteiger partial charge in [0.05, 0.1) is 25.9 Å². The second-order valence-electron chi connectivity index (χ2n) is 6.32. The Morgan fingerprint density at radius 1 is 1.22 bits per heavy atom. The average Bonchev–Trinajstić information content (AvgIpc) is 3.24. The lowest BCUT2D eigenvalue weighted by atomic mass is 10.2. The molecule has 1 aliphatic rings. The lowest BCUT2D eigenvalue weighted by molar-refractivity contribution is 0.0950. The minimum absolute atomic E-state index is 0.178. The molecule has 1 fully saturated rings. The largest absolute Gasteiger partial charge is 0.493 e. The lowest BCUT2D eigenvalue weighted by Gasteiger charge is -2.12. The molecule has 0 radical (unpaired) electrons. The maximum absolute atomic E-state index is 12.3. The SMILES string of the molecule is COc1ccc(CNC(=O)c2ccc(NCC3CCCO3)nc2)cc1OC.